The van der Waals surface area contributed by atoms with Crippen molar-refractivity contribution in [3.05, 3.63) is 52.1 Å². The smallest absolute Gasteiger partial charge is 0.296 e. The highest BCUT2D eigenvalue weighted by atomic mass is 35.5. The molecule has 10 nitrogen and oxygen atoms in total. The van der Waals surface area contributed by atoms with Gasteiger partial charge in [0.25, 0.3) is 11.6 Å². The van der Waals surface area contributed by atoms with Crippen LogP contribution in [0.15, 0.2) is 46.6 Å². The molecule has 0 heterocycles. The minimum atomic E-state index is -1.60. The van der Waals surface area contributed by atoms with Gasteiger partial charge in [0.15, 0.2) is 11.5 Å². The van der Waals surface area contributed by atoms with Crippen molar-refractivity contribution in [1.29, 1.82) is 0 Å². The summed E-state index contributed by atoms with van der Waals surface area (Å²) < 4.78 is 11.0. The average molecular weight is 435 g/mol. The van der Waals surface area contributed by atoms with Crippen LogP contribution < -0.4 is 13.9 Å². The summed E-state index contributed by atoms with van der Waals surface area (Å²) in [5.74, 6) is -0.782. The van der Waals surface area contributed by atoms with Gasteiger partial charge in [-0.15, -0.1) is 5.11 Å². The monoisotopic (exact) mass is 434 g/mol. The van der Waals surface area contributed by atoms with Gasteiger partial charge in [-0.3, -0.25) is 19.7 Å². The molecule has 2 rings (SSSR count). The Morgan fingerprint density at radius 1 is 1.13 bits per heavy atom. The number of nitrogens with zero attached hydrogens (tertiary/aromatic N) is 4. The number of carbonyl (C=O) groups is 2. The standard InChI is InChI=1S/C19H19ClN4O6/c1-11-5-6-16(17(7-11)24(27)28)21-22-18(12(2)25)19(26)23(20)13-8-14(29-3)10-15(9-13)30-4/h5-10,18H,1-4H3. The van der Waals surface area contributed by atoms with Crippen LogP contribution in [0.4, 0.5) is 17.1 Å². The lowest BCUT2D eigenvalue weighted by atomic mass is 10.2. The van der Waals surface area contributed by atoms with Crippen molar-refractivity contribution in [3.63, 3.8) is 0 Å². The molecule has 158 valence electrons. The molecule has 0 saturated carbocycles. The first kappa shape index (κ1) is 22.8. The van der Waals surface area contributed by atoms with E-state index in [-0.39, 0.29) is 17.1 Å². The number of benzene rings is 2. The predicted octanol–water partition coefficient (Wildman–Crippen LogP) is 4.15. The van der Waals surface area contributed by atoms with E-state index in [4.69, 9.17) is 21.3 Å². The summed E-state index contributed by atoms with van der Waals surface area (Å²) in [5.41, 5.74) is 0.446. The molecule has 2 aromatic rings. The summed E-state index contributed by atoms with van der Waals surface area (Å²) in [5, 5.41) is 18.7. The number of methoxy groups -OCH3 is 2. The number of ether oxygens (including phenoxy) is 2. The highest BCUT2D eigenvalue weighted by molar-refractivity contribution is 6.39. The van der Waals surface area contributed by atoms with Crippen molar-refractivity contribution in [3.8, 4) is 11.5 Å². The van der Waals surface area contributed by atoms with Crippen LogP contribution in [-0.4, -0.2) is 36.9 Å². The first-order chi connectivity index (χ1) is 14.2. The van der Waals surface area contributed by atoms with Crippen molar-refractivity contribution in [1.82, 2.24) is 0 Å². The number of hydrogen-bond acceptors (Lipinski definition) is 8. The van der Waals surface area contributed by atoms with Crippen LogP contribution in [0.5, 0.6) is 11.5 Å². The molecule has 0 N–H and O–H groups in total. The molecule has 1 amide bonds. The molecule has 0 aromatic heterocycles. The van der Waals surface area contributed by atoms with E-state index in [1.807, 2.05) is 0 Å². The minimum absolute atomic E-state index is 0.0891. The van der Waals surface area contributed by atoms with Crippen molar-refractivity contribution in [2.45, 2.75) is 19.9 Å². The molecular formula is C19H19ClN4O6. The Morgan fingerprint density at radius 3 is 2.23 bits per heavy atom. The third-order valence-corrected chi connectivity index (χ3v) is 4.35. The number of ketones is 1. The molecule has 0 spiro atoms. The fourth-order valence-electron chi connectivity index (χ4n) is 2.43. The van der Waals surface area contributed by atoms with Gasteiger partial charge < -0.3 is 9.47 Å². The third-order valence-electron chi connectivity index (χ3n) is 3.98. The number of hydrogen-bond donors (Lipinski definition) is 0. The van der Waals surface area contributed by atoms with E-state index in [0.717, 1.165) is 6.92 Å². The molecule has 0 fully saturated rings. The average Bonchev–Trinajstić information content (AvgIpc) is 2.73. The number of Topliss-reactive ketones (excluding diaryl/α,β-unsaturated/α-hetero) is 1. The molecule has 0 aliphatic rings. The molecule has 30 heavy (non-hydrogen) atoms. The number of rotatable bonds is 8. The largest absolute Gasteiger partial charge is 0.497 e. The highest BCUT2D eigenvalue weighted by Gasteiger charge is 2.29. The van der Waals surface area contributed by atoms with Crippen LogP contribution >= 0.6 is 11.8 Å². The second-order valence-corrected chi connectivity index (χ2v) is 6.51. The Bertz CT molecular complexity index is 988. The summed E-state index contributed by atoms with van der Waals surface area (Å²) in [7, 11) is 2.86. The Hall–Kier alpha value is -3.53. The van der Waals surface area contributed by atoms with Gasteiger partial charge in [-0.1, -0.05) is 6.07 Å². The number of nitro groups is 1. The summed E-state index contributed by atoms with van der Waals surface area (Å²) in [6, 6.07) is 7.21. The van der Waals surface area contributed by atoms with Crippen LogP contribution in [0, 0.1) is 17.0 Å². The van der Waals surface area contributed by atoms with E-state index in [9.17, 15) is 19.7 Å². The van der Waals surface area contributed by atoms with Crippen molar-refractivity contribution >= 4 is 40.5 Å². The van der Waals surface area contributed by atoms with Crippen molar-refractivity contribution in [2.75, 3.05) is 18.6 Å². The van der Waals surface area contributed by atoms with Crippen LogP contribution in [0.25, 0.3) is 0 Å². The SMILES string of the molecule is COc1cc(OC)cc(N(Cl)C(=O)C(N=Nc2ccc(C)cc2[N+](=O)[O-])C(C)=O)c1. The van der Waals surface area contributed by atoms with Gasteiger partial charge in [0, 0.05) is 36.0 Å². The fraction of sp³-hybridized carbons (Fsp3) is 0.263. The number of halogens is 1. The number of anilines is 1. The molecular weight excluding hydrogens is 416 g/mol. The molecule has 0 aliphatic carbocycles. The second-order valence-electron chi connectivity index (χ2n) is 6.17. The van der Waals surface area contributed by atoms with Crippen LogP contribution in [0.2, 0.25) is 0 Å². The molecule has 2 aromatic carbocycles. The van der Waals surface area contributed by atoms with Crippen LogP contribution in [-0.2, 0) is 9.59 Å². The lowest BCUT2D eigenvalue weighted by molar-refractivity contribution is -0.384. The van der Waals surface area contributed by atoms with Gasteiger partial charge in [-0.05, 0) is 25.5 Å². The van der Waals surface area contributed by atoms with Gasteiger partial charge in [-0.25, -0.2) is 4.42 Å². The summed E-state index contributed by atoms with van der Waals surface area (Å²) in [4.78, 5) is 35.4. The molecule has 1 atom stereocenters. The number of amides is 1. The van der Waals surface area contributed by atoms with Gasteiger partial charge in [0.2, 0.25) is 6.04 Å². The van der Waals surface area contributed by atoms with Gasteiger partial charge >= 0.3 is 0 Å². The zero-order valence-electron chi connectivity index (χ0n) is 16.7. The van der Waals surface area contributed by atoms with E-state index in [0.29, 0.717) is 21.5 Å². The molecule has 11 heteroatoms. The Labute approximate surface area is 177 Å². The first-order valence-corrected chi connectivity index (χ1v) is 8.91. The molecule has 0 aliphatic heterocycles. The molecule has 0 bridgehead atoms. The second kappa shape index (κ2) is 9.79. The third kappa shape index (κ3) is 5.29. The van der Waals surface area contributed by atoms with Crippen LogP contribution in [0.3, 0.4) is 0 Å². The van der Waals surface area contributed by atoms with E-state index in [2.05, 4.69) is 10.2 Å². The van der Waals surface area contributed by atoms with Gasteiger partial charge in [0.05, 0.1) is 24.8 Å². The molecule has 0 radical (unpaired) electrons. The van der Waals surface area contributed by atoms with Crippen molar-refractivity contribution < 1.29 is 24.0 Å². The fourth-order valence-corrected chi connectivity index (χ4v) is 2.62. The van der Waals surface area contributed by atoms with E-state index >= 15 is 0 Å². The number of aryl methyl sites for hydroxylation is 1. The highest BCUT2D eigenvalue weighted by Crippen LogP contribution is 2.31. The Morgan fingerprint density at radius 2 is 1.73 bits per heavy atom. The minimum Gasteiger partial charge on any atom is -0.497 e. The molecule has 1 unspecified atom stereocenters. The predicted molar refractivity (Wildman–Crippen MR) is 110 cm³/mol. The normalized spacial score (nSPS) is 11.8. The number of carbonyl (C=O) groups excluding carboxylic acids is 2. The number of nitro benzene ring substituents is 1. The Kier molecular flexibility index (Phi) is 7.43. The maximum atomic E-state index is 12.8. The van der Waals surface area contributed by atoms with Gasteiger partial charge in [-0.2, -0.15) is 5.11 Å². The van der Waals surface area contributed by atoms with Crippen LogP contribution in [0.1, 0.15) is 12.5 Å². The van der Waals surface area contributed by atoms with E-state index in [1.54, 1.807) is 19.1 Å². The number of azo groups is 1. The molecule has 0 saturated heterocycles. The quantitative estimate of drug-likeness (QED) is 0.202. The summed E-state index contributed by atoms with van der Waals surface area (Å²) >= 11 is 6.15. The van der Waals surface area contributed by atoms with Crippen molar-refractivity contribution in [2.24, 2.45) is 10.2 Å². The summed E-state index contributed by atoms with van der Waals surface area (Å²) in [6.07, 6.45) is 0. The van der Waals surface area contributed by atoms with E-state index in [1.165, 1.54) is 38.5 Å². The van der Waals surface area contributed by atoms with E-state index < -0.39 is 22.7 Å². The first-order valence-electron chi connectivity index (χ1n) is 8.57. The zero-order valence-corrected chi connectivity index (χ0v) is 17.4. The summed E-state index contributed by atoms with van der Waals surface area (Å²) in [6.45, 7) is 2.83. The van der Waals surface area contributed by atoms with Gasteiger partial charge in [0.1, 0.15) is 11.5 Å². The lowest BCUT2D eigenvalue weighted by Gasteiger charge is -2.18. The maximum Gasteiger partial charge on any atom is 0.296 e. The Balaban J connectivity index is 2.37. The zero-order chi connectivity index (χ0) is 22.4. The maximum absolute atomic E-state index is 12.8. The topological polar surface area (TPSA) is 124 Å². The lowest BCUT2D eigenvalue weighted by Crippen LogP contribution is -2.36.